The Balaban J connectivity index is 2.06. The first-order valence-electron chi connectivity index (χ1n) is 14.2. The lowest BCUT2D eigenvalue weighted by Crippen LogP contribution is -2.53. The fourth-order valence-electron chi connectivity index (χ4n) is 4.82. The van der Waals surface area contributed by atoms with E-state index in [1.54, 1.807) is 25.7 Å². The molecule has 7 nitrogen and oxygen atoms in total. The average molecular weight is 558 g/mol. The Hall–Kier alpha value is -4.13. The van der Waals surface area contributed by atoms with E-state index in [0.29, 0.717) is 18.5 Å². The van der Waals surface area contributed by atoms with Crippen LogP contribution in [0.5, 0.6) is 0 Å². The zero-order chi connectivity index (χ0) is 30.2. The third-order valence-electron chi connectivity index (χ3n) is 6.67. The van der Waals surface area contributed by atoms with E-state index in [4.69, 9.17) is 4.74 Å². The van der Waals surface area contributed by atoms with E-state index in [1.165, 1.54) is 0 Å². The van der Waals surface area contributed by atoms with Crippen molar-refractivity contribution in [3.63, 3.8) is 0 Å². The smallest absolute Gasteiger partial charge is 0.408 e. The second kappa shape index (κ2) is 14.0. The Kier molecular flexibility index (Phi) is 10.7. The molecule has 218 valence electrons. The molecule has 0 aliphatic rings. The van der Waals surface area contributed by atoms with Crippen LogP contribution in [0, 0.1) is 20.8 Å². The SMILES string of the molecule is CCCN(C(=O)C(Cc1ccccc1)NC(=O)OC(C)(C)C)C(C(=O)Nc1c(C)cccc1C)c1cccc(C)c1. The zero-order valence-corrected chi connectivity index (χ0v) is 25.3. The molecule has 0 saturated carbocycles. The highest BCUT2D eigenvalue weighted by Crippen LogP contribution is 2.28. The standard InChI is InChI=1S/C34H43N3O4/c1-8-20-37(32(39)28(22-26-17-10-9-11-18-26)35-33(40)41-34(5,6)7)30(27-19-12-14-23(2)21-27)31(38)36-29-24(3)15-13-16-25(29)4/h9-19,21,28,30H,8,20,22H2,1-7H3,(H,35,40)(H,36,38). The van der Waals surface area contributed by atoms with Crippen LogP contribution in [0.4, 0.5) is 10.5 Å². The number of rotatable bonds is 10. The predicted molar refractivity (Wildman–Crippen MR) is 164 cm³/mol. The molecular formula is C34H43N3O4. The number of para-hydroxylation sites is 1. The third kappa shape index (κ3) is 8.93. The highest BCUT2D eigenvalue weighted by molar-refractivity contribution is 6.00. The zero-order valence-electron chi connectivity index (χ0n) is 25.3. The molecule has 0 fully saturated rings. The fraction of sp³-hybridized carbons (Fsp3) is 0.382. The van der Waals surface area contributed by atoms with Crippen LogP contribution in [0.1, 0.15) is 68.0 Å². The third-order valence-corrected chi connectivity index (χ3v) is 6.67. The van der Waals surface area contributed by atoms with Crippen molar-refractivity contribution in [2.75, 3.05) is 11.9 Å². The molecule has 3 amide bonds. The monoisotopic (exact) mass is 557 g/mol. The largest absolute Gasteiger partial charge is 0.444 e. The molecule has 0 aliphatic heterocycles. The molecule has 0 aromatic heterocycles. The van der Waals surface area contributed by atoms with Gasteiger partial charge in [0.1, 0.15) is 17.7 Å². The average Bonchev–Trinajstić information content (AvgIpc) is 2.89. The maximum atomic E-state index is 14.4. The summed E-state index contributed by atoms with van der Waals surface area (Å²) < 4.78 is 5.51. The molecule has 3 aromatic carbocycles. The van der Waals surface area contributed by atoms with E-state index in [-0.39, 0.29) is 18.2 Å². The van der Waals surface area contributed by atoms with E-state index < -0.39 is 23.8 Å². The first kappa shape index (κ1) is 31.4. The van der Waals surface area contributed by atoms with Crippen molar-refractivity contribution in [2.24, 2.45) is 0 Å². The quantitative estimate of drug-likeness (QED) is 0.292. The van der Waals surface area contributed by atoms with Crippen LogP contribution in [0.15, 0.2) is 72.8 Å². The number of amides is 3. The van der Waals surface area contributed by atoms with Crippen LogP contribution in [-0.4, -0.2) is 41.0 Å². The molecule has 2 N–H and O–H groups in total. The second-order valence-electron chi connectivity index (χ2n) is 11.5. The Labute approximate surface area is 244 Å². The second-order valence-corrected chi connectivity index (χ2v) is 11.5. The topological polar surface area (TPSA) is 87.7 Å². The van der Waals surface area contributed by atoms with Gasteiger partial charge in [0.2, 0.25) is 5.91 Å². The van der Waals surface area contributed by atoms with Crippen molar-refractivity contribution >= 4 is 23.6 Å². The number of aryl methyl sites for hydroxylation is 3. The van der Waals surface area contributed by atoms with Crippen LogP contribution in [0.3, 0.4) is 0 Å². The van der Waals surface area contributed by atoms with Crippen molar-refractivity contribution in [3.8, 4) is 0 Å². The summed E-state index contributed by atoms with van der Waals surface area (Å²) in [6.45, 7) is 13.4. The molecule has 7 heteroatoms. The fourth-order valence-corrected chi connectivity index (χ4v) is 4.82. The van der Waals surface area contributed by atoms with Crippen LogP contribution >= 0.6 is 0 Å². The lowest BCUT2D eigenvalue weighted by molar-refractivity contribution is -0.140. The van der Waals surface area contributed by atoms with Crippen molar-refractivity contribution in [1.29, 1.82) is 0 Å². The summed E-state index contributed by atoms with van der Waals surface area (Å²) in [6.07, 6.45) is 0.184. The van der Waals surface area contributed by atoms with Gasteiger partial charge in [0.05, 0.1) is 0 Å². The minimum atomic E-state index is -0.945. The number of anilines is 1. The number of nitrogens with one attached hydrogen (secondary N) is 2. The van der Waals surface area contributed by atoms with Gasteiger partial charge in [0.15, 0.2) is 0 Å². The molecule has 41 heavy (non-hydrogen) atoms. The van der Waals surface area contributed by atoms with Gasteiger partial charge in [0, 0.05) is 18.7 Å². The first-order chi connectivity index (χ1) is 19.4. The summed E-state index contributed by atoms with van der Waals surface area (Å²) >= 11 is 0. The molecule has 0 heterocycles. The number of alkyl carbamates (subject to hydrolysis) is 1. The molecule has 0 bridgehead atoms. The Morgan fingerprint density at radius 3 is 2.10 bits per heavy atom. The van der Waals surface area contributed by atoms with Gasteiger partial charge in [-0.2, -0.15) is 0 Å². The van der Waals surface area contributed by atoms with Gasteiger partial charge in [-0.15, -0.1) is 0 Å². The summed E-state index contributed by atoms with van der Waals surface area (Å²) in [5, 5.41) is 5.91. The molecule has 2 atom stereocenters. The van der Waals surface area contributed by atoms with Crippen molar-refractivity contribution in [2.45, 2.75) is 79.0 Å². The van der Waals surface area contributed by atoms with E-state index >= 15 is 0 Å². The molecule has 0 radical (unpaired) electrons. The molecule has 0 saturated heterocycles. The maximum absolute atomic E-state index is 14.4. The Morgan fingerprint density at radius 2 is 1.51 bits per heavy atom. The van der Waals surface area contributed by atoms with Crippen LogP contribution in [0.2, 0.25) is 0 Å². The minimum Gasteiger partial charge on any atom is -0.444 e. The summed E-state index contributed by atoms with van der Waals surface area (Å²) in [6, 6.07) is 21.1. The van der Waals surface area contributed by atoms with Gasteiger partial charge in [-0.1, -0.05) is 85.3 Å². The van der Waals surface area contributed by atoms with Gasteiger partial charge in [-0.05, 0) is 70.2 Å². The number of hydrogen-bond donors (Lipinski definition) is 2. The van der Waals surface area contributed by atoms with E-state index in [0.717, 1.165) is 27.9 Å². The molecule has 3 aromatic rings. The summed E-state index contributed by atoms with van der Waals surface area (Å²) in [5.41, 5.74) is 4.42. The molecule has 2 unspecified atom stereocenters. The van der Waals surface area contributed by atoms with E-state index in [1.807, 2.05) is 100 Å². The summed E-state index contributed by atoms with van der Waals surface area (Å²) in [4.78, 5) is 43.0. The number of carbonyl (C=O) groups is 3. The van der Waals surface area contributed by atoms with E-state index in [9.17, 15) is 14.4 Å². The van der Waals surface area contributed by atoms with Crippen LogP contribution in [0.25, 0.3) is 0 Å². The molecule has 0 aliphatic carbocycles. The van der Waals surface area contributed by atoms with Gasteiger partial charge in [-0.3, -0.25) is 9.59 Å². The number of ether oxygens (including phenoxy) is 1. The lowest BCUT2D eigenvalue weighted by Gasteiger charge is -2.34. The Bertz CT molecular complexity index is 1330. The Morgan fingerprint density at radius 1 is 0.878 bits per heavy atom. The van der Waals surface area contributed by atoms with Crippen molar-refractivity contribution in [3.05, 3.63) is 101 Å². The number of hydrogen-bond acceptors (Lipinski definition) is 4. The number of carbonyl (C=O) groups excluding carboxylic acids is 3. The predicted octanol–water partition coefficient (Wildman–Crippen LogP) is 6.67. The molecular weight excluding hydrogens is 514 g/mol. The van der Waals surface area contributed by atoms with Gasteiger partial charge >= 0.3 is 6.09 Å². The highest BCUT2D eigenvalue weighted by Gasteiger charge is 2.36. The number of benzene rings is 3. The van der Waals surface area contributed by atoms with Gasteiger partial charge in [-0.25, -0.2) is 4.79 Å². The molecule has 0 spiro atoms. The van der Waals surface area contributed by atoms with Crippen LogP contribution in [-0.2, 0) is 20.7 Å². The normalized spacial score (nSPS) is 12.7. The number of nitrogens with zero attached hydrogens (tertiary/aromatic N) is 1. The maximum Gasteiger partial charge on any atom is 0.408 e. The first-order valence-corrected chi connectivity index (χ1v) is 14.2. The molecule has 3 rings (SSSR count). The van der Waals surface area contributed by atoms with Crippen molar-refractivity contribution < 1.29 is 19.1 Å². The van der Waals surface area contributed by atoms with E-state index in [2.05, 4.69) is 10.6 Å². The van der Waals surface area contributed by atoms with Crippen molar-refractivity contribution in [1.82, 2.24) is 10.2 Å². The highest BCUT2D eigenvalue weighted by atomic mass is 16.6. The van der Waals surface area contributed by atoms with Gasteiger partial charge in [0.25, 0.3) is 5.91 Å². The summed E-state index contributed by atoms with van der Waals surface area (Å²) in [7, 11) is 0. The van der Waals surface area contributed by atoms with Gasteiger partial charge < -0.3 is 20.3 Å². The summed E-state index contributed by atoms with van der Waals surface area (Å²) in [5.74, 6) is -0.671. The minimum absolute atomic E-state index is 0.248. The lowest BCUT2D eigenvalue weighted by atomic mass is 9.98. The van der Waals surface area contributed by atoms with Crippen LogP contribution < -0.4 is 10.6 Å².